The van der Waals surface area contributed by atoms with E-state index in [0.717, 1.165) is 35.7 Å². The fourth-order valence-corrected chi connectivity index (χ4v) is 2.07. The van der Waals surface area contributed by atoms with E-state index in [1.54, 1.807) is 6.92 Å². The molecule has 0 amide bonds. The molecule has 2 rings (SSSR count). The number of aliphatic hydroxyl groups is 1. The fourth-order valence-electron chi connectivity index (χ4n) is 2.07. The zero-order valence-corrected chi connectivity index (χ0v) is 12.2. The van der Waals surface area contributed by atoms with Crippen LogP contribution in [0.3, 0.4) is 0 Å². The van der Waals surface area contributed by atoms with Crippen LogP contribution in [0.25, 0.3) is 11.3 Å². The van der Waals surface area contributed by atoms with Gasteiger partial charge in [-0.3, -0.25) is 0 Å². The zero-order chi connectivity index (χ0) is 14.4. The average Bonchev–Trinajstić information content (AvgIpc) is 2.92. The summed E-state index contributed by atoms with van der Waals surface area (Å²) >= 11 is 0. The Morgan fingerprint density at radius 3 is 2.55 bits per heavy atom. The van der Waals surface area contributed by atoms with E-state index in [4.69, 9.17) is 4.42 Å². The van der Waals surface area contributed by atoms with Gasteiger partial charge in [0.15, 0.2) is 0 Å². The first-order chi connectivity index (χ1) is 9.70. The molecule has 0 saturated carbocycles. The highest BCUT2D eigenvalue weighted by atomic mass is 16.3. The molecule has 2 N–H and O–H groups in total. The molecule has 0 fully saturated rings. The average molecular weight is 273 g/mol. The first-order valence-electron chi connectivity index (χ1n) is 7.28. The lowest BCUT2D eigenvalue weighted by molar-refractivity contribution is 0.199. The van der Waals surface area contributed by atoms with Gasteiger partial charge in [-0.05, 0) is 37.6 Å². The van der Waals surface area contributed by atoms with E-state index in [9.17, 15) is 5.11 Å². The first-order valence-corrected chi connectivity index (χ1v) is 7.28. The molecule has 3 nitrogen and oxygen atoms in total. The van der Waals surface area contributed by atoms with Crippen molar-refractivity contribution in [2.75, 3.05) is 6.54 Å². The van der Waals surface area contributed by atoms with E-state index in [2.05, 4.69) is 12.2 Å². The Morgan fingerprint density at radius 1 is 1.15 bits per heavy atom. The molecule has 2 aromatic rings. The molecule has 0 aliphatic carbocycles. The quantitative estimate of drug-likeness (QED) is 0.752. The summed E-state index contributed by atoms with van der Waals surface area (Å²) in [4.78, 5) is 0. The predicted octanol–water partition coefficient (Wildman–Crippen LogP) is 3.89. The summed E-state index contributed by atoms with van der Waals surface area (Å²) in [6.45, 7) is 5.74. The highest BCUT2D eigenvalue weighted by molar-refractivity contribution is 5.58. The van der Waals surface area contributed by atoms with Crippen molar-refractivity contribution >= 4 is 0 Å². The van der Waals surface area contributed by atoms with Gasteiger partial charge in [-0.1, -0.05) is 37.6 Å². The number of aliphatic hydroxyl groups excluding tert-OH is 1. The number of nitrogens with one attached hydrogen (secondary N) is 1. The van der Waals surface area contributed by atoms with Crippen LogP contribution in [0.4, 0.5) is 0 Å². The van der Waals surface area contributed by atoms with Crippen molar-refractivity contribution in [3.05, 3.63) is 47.7 Å². The van der Waals surface area contributed by atoms with E-state index >= 15 is 0 Å². The third-order valence-corrected chi connectivity index (χ3v) is 3.35. The van der Waals surface area contributed by atoms with Crippen LogP contribution in [0.2, 0.25) is 0 Å². The number of benzene rings is 1. The van der Waals surface area contributed by atoms with Crippen LogP contribution >= 0.6 is 0 Å². The van der Waals surface area contributed by atoms with Gasteiger partial charge < -0.3 is 14.8 Å². The third-order valence-electron chi connectivity index (χ3n) is 3.35. The molecule has 0 radical (unpaired) electrons. The Morgan fingerprint density at radius 2 is 1.90 bits per heavy atom. The standard InChI is InChI=1S/C17H23NO2/c1-3-4-11-18-12-16-9-10-17(20-16)15-7-5-14(6-8-15)13(2)19/h5-10,13,18-19H,3-4,11-12H2,1-2H3/t13-/m1/s1. The van der Waals surface area contributed by atoms with Crippen LogP contribution in [0.5, 0.6) is 0 Å². The maximum Gasteiger partial charge on any atom is 0.134 e. The summed E-state index contributed by atoms with van der Waals surface area (Å²) in [5.41, 5.74) is 1.95. The molecule has 3 heteroatoms. The Hall–Kier alpha value is -1.58. The summed E-state index contributed by atoms with van der Waals surface area (Å²) in [5.74, 6) is 1.82. The third kappa shape index (κ3) is 3.95. The van der Waals surface area contributed by atoms with E-state index in [0.29, 0.717) is 0 Å². The largest absolute Gasteiger partial charge is 0.460 e. The Kier molecular flexibility index (Phi) is 5.39. The van der Waals surface area contributed by atoms with E-state index in [1.165, 1.54) is 12.8 Å². The van der Waals surface area contributed by atoms with Gasteiger partial charge >= 0.3 is 0 Å². The van der Waals surface area contributed by atoms with Gasteiger partial charge in [0.25, 0.3) is 0 Å². The number of unbranched alkanes of at least 4 members (excludes halogenated alkanes) is 1. The minimum atomic E-state index is -0.432. The highest BCUT2D eigenvalue weighted by Gasteiger charge is 2.06. The molecule has 0 spiro atoms. The molecule has 0 unspecified atom stereocenters. The van der Waals surface area contributed by atoms with Crippen LogP contribution in [0.1, 0.15) is 44.1 Å². The van der Waals surface area contributed by atoms with Crippen molar-refractivity contribution in [1.82, 2.24) is 5.32 Å². The Bertz CT molecular complexity index is 514. The van der Waals surface area contributed by atoms with E-state index in [1.807, 2.05) is 36.4 Å². The Balaban J connectivity index is 1.97. The lowest BCUT2D eigenvalue weighted by Crippen LogP contribution is -2.13. The topological polar surface area (TPSA) is 45.4 Å². The number of hydrogen-bond donors (Lipinski definition) is 2. The molecule has 20 heavy (non-hydrogen) atoms. The minimum Gasteiger partial charge on any atom is -0.460 e. The second-order valence-electron chi connectivity index (χ2n) is 5.09. The SMILES string of the molecule is CCCCNCc1ccc(-c2ccc([C@@H](C)O)cc2)o1. The lowest BCUT2D eigenvalue weighted by Gasteiger charge is -2.05. The summed E-state index contributed by atoms with van der Waals surface area (Å²) < 4.78 is 5.83. The van der Waals surface area contributed by atoms with Crippen LogP contribution in [-0.4, -0.2) is 11.7 Å². The minimum absolute atomic E-state index is 0.432. The van der Waals surface area contributed by atoms with Gasteiger partial charge in [0.05, 0.1) is 12.6 Å². The normalized spacial score (nSPS) is 12.6. The molecule has 0 saturated heterocycles. The van der Waals surface area contributed by atoms with Crippen molar-refractivity contribution in [2.24, 2.45) is 0 Å². The van der Waals surface area contributed by atoms with Crippen molar-refractivity contribution in [2.45, 2.75) is 39.3 Å². The maximum atomic E-state index is 9.50. The molecule has 0 aliphatic rings. The van der Waals surface area contributed by atoms with Gasteiger partial charge in [0.1, 0.15) is 11.5 Å². The molecular weight excluding hydrogens is 250 g/mol. The van der Waals surface area contributed by atoms with Gasteiger partial charge in [0, 0.05) is 5.56 Å². The van der Waals surface area contributed by atoms with Gasteiger partial charge in [-0.15, -0.1) is 0 Å². The van der Waals surface area contributed by atoms with Gasteiger partial charge in [0.2, 0.25) is 0 Å². The van der Waals surface area contributed by atoms with E-state index < -0.39 is 6.10 Å². The summed E-state index contributed by atoms with van der Waals surface area (Å²) in [7, 11) is 0. The van der Waals surface area contributed by atoms with Crippen LogP contribution in [-0.2, 0) is 6.54 Å². The molecule has 1 aromatic heterocycles. The smallest absolute Gasteiger partial charge is 0.134 e. The molecule has 1 heterocycles. The number of furan rings is 1. The van der Waals surface area contributed by atoms with Crippen LogP contribution < -0.4 is 5.32 Å². The second kappa shape index (κ2) is 7.27. The summed E-state index contributed by atoms with van der Waals surface area (Å²) in [5, 5.41) is 12.9. The Labute approximate surface area is 120 Å². The van der Waals surface area contributed by atoms with Crippen LogP contribution in [0.15, 0.2) is 40.8 Å². The van der Waals surface area contributed by atoms with Crippen LogP contribution in [0, 0.1) is 0 Å². The molecule has 0 bridgehead atoms. The predicted molar refractivity (Wildman–Crippen MR) is 81.4 cm³/mol. The van der Waals surface area contributed by atoms with Crippen molar-refractivity contribution in [3.8, 4) is 11.3 Å². The monoisotopic (exact) mass is 273 g/mol. The van der Waals surface area contributed by atoms with Gasteiger partial charge in [-0.2, -0.15) is 0 Å². The molecule has 108 valence electrons. The summed E-state index contributed by atoms with van der Waals surface area (Å²) in [6.07, 6.45) is 1.96. The zero-order valence-electron chi connectivity index (χ0n) is 12.2. The number of rotatable bonds is 7. The lowest BCUT2D eigenvalue weighted by atomic mass is 10.1. The number of hydrogen-bond acceptors (Lipinski definition) is 3. The molecule has 0 aliphatic heterocycles. The fraction of sp³-hybridized carbons (Fsp3) is 0.412. The van der Waals surface area contributed by atoms with Gasteiger partial charge in [-0.25, -0.2) is 0 Å². The van der Waals surface area contributed by atoms with Crippen molar-refractivity contribution < 1.29 is 9.52 Å². The highest BCUT2D eigenvalue weighted by Crippen LogP contribution is 2.24. The van der Waals surface area contributed by atoms with E-state index in [-0.39, 0.29) is 0 Å². The maximum absolute atomic E-state index is 9.50. The molecular formula is C17H23NO2. The molecule has 1 atom stereocenters. The second-order valence-corrected chi connectivity index (χ2v) is 5.09. The van der Waals surface area contributed by atoms with Crippen molar-refractivity contribution in [3.63, 3.8) is 0 Å². The molecule has 1 aromatic carbocycles. The first kappa shape index (κ1) is 14.8. The summed E-state index contributed by atoms with van der Waals surface area (Å²) in [6, 6.07) is 11.8. The van der Waals surface area contributed by atoms with Crippen molar-refractivity contribution in [1.29, 1.82) is 0 Å².